The summed E-state index contributed by atoms with van der Waals surface area (Å²) < 4.78 is 31.5. The molecular formula is C13H18N2O4S2. The minimum atomic E-state index is -3.46. The summed E-state index contributed by atoms with van der Waals surface area (Å²) in [6.45, 7) is 0.571. The summed E-state index contributed by atoms with van der Waals surface area (Å²) in [4.78, 5) is 0.237. The van der Waals surface area contributed by atoms with E-state index in [-0.39, 0.29) is 30.5 Å². The van der Waals surface area contributed by atoms with Gasteiger partial charge in [-0.3, -0.25) is 0 Å². The van der Waals surface area contributed by atoms with Crippen LogP contribution in [0.2, 0.25) is 0 Å². The van der Waals surface area contributed by atoms with Gasteiger partial charge < -0.3 is 15.6 Å². The van der Waals surface area contributed by atoms with Gasteiger partial charge in [-0.2, -0.15) is 4.31 Å². The fourth-order valence-corrected chi connectivity index (χ4v) is 3.83. The molecule has 3 N–H and O–H groups in total. The molecule has 0 amide bonds. The average molecular weight is 330 g/mol. The van der Waals surface area contributed by atoms with Crippen LogP contribution in [0, 0.1) is 0 Å². The molecule has 1 fully saturated rings. The van der Waals surface area contributed by atoms with E-state index in [1.165, 1.54) is 4.31 Å². The number of sulfonamides is 1. The van der Waals surface area contributed by atoms with Crippen molar-refractivity contribution in [1.82, 2.24) is 4.31 Å². The van der Waals surface area contributed by atoms with E-state index in [0.717, 1.165) is 0 Å². The van der Waals surface area contributed by atoms with Crippen molar-refractivity contribution in [3.8, 4) is 0 Å². The Bertz CT molecular complexity index is 618. The summed E-state index contributed by atoms with van der Waals surface area (Å²) in [6.07, 6.45) is -0.462. The van der Waals surface area contributed by atoms with E-state index in [1.54, 1.807) is 24.3 Å². The van der Waals surface area contributed by atoms with E-state index in [9.17, 15) is 8.42 Å². The number of morpholine rings is 1. The van der Waals surface area contributed by atoms with Crippen LogP contribution < -0.4 is 5.73 Å². The Morgan fingerprint density at radius 3 is 2.95 bits per heavy atom. The molecule has 1 aromatic carbocycles. The van der Waals surface area contributed by atoms with Gasteiger partial charge >= 0.3 is 0 Å². The second kappa shape index (κ2) is 6.80. The number of aliphatic hydroxyl groups excluding tert-OH is 1. The molecule has 1 unspecified atom stereocenters. The average Bonchev–Trinajstić information content (AvgIpc) is 2.47. The molecule has 116 valence electrons. The number of nitrogens with zero attached hydrogens (tertiary/aromatic N) is 1. The second-order valence-corrected chi connectivity index (χ2v) is 7.26. The Balaban J connectivity index is 2.13. The number of rotatable bonds is 5. The zero-order valence-corrected chi connectivity index (χ0v) is 13.1. The highest BCUT2D eigenvalue weighted by atomic mass is 32.2. The number of thiocarbonyl (C=S) groups is 1. The number of ether oxygens (including phenoxy) is 1. The molecule has 1 aliphatic rings. The van der Waals surface area contributed by atoms with Crippen LogP contribution in [0.15, 0.2) is 24.3 Å². The van der Waals surface area contributed by atoms with E-state index in [0.29, 0.717) is 17.7 Å². The highest BCUT2D eigenvalue weighted by Crippen LogP contribution is 2.16. The Morgan fingerprint density at radius 2 is 2.29 bits per heavy atom. The zero-order chi connectivity index (χ0) is 15.5. The molecule has 8 heteroatoms. The third kappa shape index (κ3) is 4.21. The molecular weight excluding hydrogens is 312 g/mol. The van der Waals surface area contributed by atoms with Gasteiger partial charge in [0, 0.05) is 18.7 Å². The molecule has 1 saturated heterocycles. The molecule has 0 aliphatic carbocycles. The number of nitrogens with two attached hydrogens (primary N) is 1. The first-order valence-electron chi connectivity index (χ1n) is 6.51. The fourth-order valence-electron chi connectivity index (χ4n) is 2.17. The normalized spacial score (nSPS) is 20.3. The van der Waals surface area contributed by atoms with Gasteiger partial charge in [-0.25, -0.2) is 8.42 Å². The van der Waals surface area contributed by atoms with Gasteiger partial charge in [0.1, 0.15) is 4.99 Å². The molecule has 0 saturated carbocycles. The number of benzene rings is 1. The third-order valence-corrected chi connectivity index (χ3v) is 5.31. The first kappa shape index (κ1) is 16.3. The van der Waals surface area contributed by atoms with Crippen LogP contribution >= 0.6 is 12.2 Å². The summed E-state index contributed by atoms with van der Waals surface area (Å²) in [5.41, 5.74) is 6.83. The summed E-state index contributed by atoms with van der Waals surface area (Å²) in [5, 5.41) is 9.09. The largest absolute Gasteiger partial charge is 0.394 e. The smallest absolute Gasteiger partial charge is 0.218 e. The van der Waals surface area contributed by atoms with Gasteiger partial charge in [0.15, 0.2) is 0 Å². The van der Waals surface area contributed by atoms with E-state index in [4.69, 9.17) is 27.8 Å². The lowest BCUT2D eigenvalue weighted by atomic mass is 10.1. The molecule has 0 spiro atoms. The maximum atomic E-state index is 12.4. The summed E-state index contributed by atoms with van der Waals surface area (Å²) in [7, 11) is -3.46. The summed E-state index contributed by atoms with van der Waals surface area (Å²) in [6, 6.07) is 6.89. The van der Waals surface area contributed by atoms with Gasteiger partial charge in [-0.1, -0.05) is 30.4 Å². The zero-order valence-electron chi connectivity index (χ0n) is 11.4. The molecule has 0 aromatic heterocycles. The van der Waals surface area contributed by atoms with Crippen molar-refractivity contribution in [3.63, 3.8) is 0 Å². The monoisotopic (exact) mass is 330 g/mol. The van der Waals surface area contributed by atoms with Gasteiger partial charge in [0.2, 0.25) is 10.0 Å². The van der Waals surface area contributed by atoms with Crippen molar-refractivity contribution < 1.29 is 18.3 Å². The van der Waals surface area contributed by atoms with Crippen molar-refractivity contribution in [1.29, 1.82) is 0 Å². The molecule has 6 nitrogen and oxygen atoms in total. The van der Waals surface area contributed by atoms with E-state index >= 15 is 0 Å². The Kier molecular flexibility index (Phi) is 5.28. The Labute approximate surface area is 129 Å². The minimum absolute atomic E-state index is 0.123. The maximum absolute atomic E-state index is 12.4. The Hall–Kier alpha value is -1.06. The van der Waals surface area contributed by atoms with Crippen molar-refractivity contribution in [2.45, 2.75) is 11.9 Å². The predicted octanol–water partition coefficient (Wildman–Crippen LogP) is -0.156. The lowest BCUT2D eigenvalue weighted by Crippen LogP contribution is -2.47. The van der Waals surface area contributed by atoms with Crippen molar-refractivity contribution in [2.75, 3.05) is 26.3 Å². The lowest BCUT2D eigenvalue weighted by molar-refractivity contribution is -0.0305. The highest BCUT2D eigenvalue weighted by molar-refractivity contribution is 7.88. The molecule has 1 aliphatic heterocycles. The van der Waals surface area contributed by atoms with Crippen LogP contribution in [0.5, 0.6) is 0 Å². The third-order valence-electron chi connectivity index (χ3n) is 3.26. The highest BCUT2D eigenvalue weighted by Gasteiger charge is 2.29. The van der Waals surface area contributed by atoms with Gasteiger partial charge in [0.25, 0.3) is 0 Å². The van der Waals surface area contributed by atoms with Gasteiger partial charge in [-0.15, -0.1) is 0 Å². The summed E-state index contributed by atoms with van der Waals surface area (Å²) >= 11 is 4.89. The Morgan fingerprint density at radius 1 is 1.52 bits per heavy atom. The molecule has 0 radical (unpaired) electrons. The van der Waals surface area contributed by atoms with E-state index < -0.39 is 16.1 Å². The van der Waals surface area contributed by atoms with Crippen molar-refractivity contribution in [3.05, 3.63) is 35.4 Å². The molecule has 1 atom stereocenters. The number of aliphatic hydroxyl groups is 1. The van der Waals surface area contributed by atoms with Crippen LogP contribution in [-0.2, 0) is 20.5 Å². The minimum Gasteiger partial charge on any atom is -0.394 e. The van der Waals surface area contributed by atoms with Crippen molar-refractivity contribution in [2.24, 2.45) is 5.73 Å². The van der Waals surface area contributed by atoms with Crippen LogP contribution in [0.1, 0.15) is 11.1 Å². The standard InChI is InChI=1S/C13H18N2O4S2/c14-13(20)11-3-1-2-10(6-11)9-21(17,18)15-4-5-19-12(7-15)8-16/h1-3,6,12,16H,4-5,7-9H2,(H2,14,20). The van der Waals surface area contributed by atoms with Crippen molar-refractivity contribution >= 4 is 27.2 Å². The first-order valence-corrected chi connectivity index (χ1v) is 8.53. The fraction of sp³-hybridized carbons (Fsp3) is 0.462. The molecule has 21 heavy (non-hydrogen) atoms. The molecule has 2 rings (SSSR count). The van der Waals surface area contributed by atoms with Gasteiger partial charge in [0.05, 0.1) is 25.1 Å². The summed E-state index contributed by atoms with van der Waals surface area (Å²) in [5.74, 6) is -0.123. The van der Waals surface area contributed by atoms with E-state index in [1.807, 2.05) is 0 Å². The van der Waals surface area contributed by atoms with Crippen LogP contribution in [0.25, 0.3) is 0 Å². The predicted molar refractivity (Wildman–Crippen MR) is 83.4 cm³/mol. The van der Waals surface area contributed by atoms with Gasteiger partial charge in [-0.05, 0) is 11.6 Å². The number of hydrogen-bond donors (Lipinski definition) is 2. The van der Waals surface area contributed by atoms with Crippen LogP contribution in [0.3, 0.4) is 0 Å². The van der Waals surface area contributed by atoms with Crippen LogP contribution in [0.4, 0.5) is 0 Å². The molecule has 1 heterocycles. The first-order chi connectivity index (χ1) is 9.92. The quantitative estimate of drug-likeness (QED) is 0.729. The topological polar surface area (TPSA) is 92.9 Å². The maximum Gasteiger partial charge on any atom is 0.218 e. The SMILES string of the molecule is NC(=S)c1cccc(CS(=O)(=O)N2CCOC(CO)C2)c1. The second-order valence-electron chi connectivity index (χ2n) is 4.85. The van der Waals surface area contributed by atoms with E-state index in [2.05, 4.69) is 0 Å². The lowest BCUT2D eigenvalue weighted by Gasteiger charge is -2.31. The number of hydrogen-bond acceptors (Lipinski definition) is 5. The van der Waals surface area contributed by atoms with Crippen LogP contribution in [-0.4, -0.2) is 55.2 Å². The molecule has 0 bridgehead atoms. The molecule has 1 aromatic rings.